The van der Waals surface area contributed by atoms with Gasteiger partial charge in [-0.1, -0.05) is 0 Å². The number of carbonyl (C=O) groups is 2. The Morgan fingerprint density at radius 3 is 2.53 bits per heavy atom. The first-order valence-corrected chi connectivity index (χ1v) is 5.30. The van der Waals surface area contributed by atoms with Gasteiger partial charge in [-0.15, -0.1) is 0 Å². The second kappa shape index (κ2) is 8.23. The van der Waals surface area contributed by atoms with Crippen LogP contribution < -0.4 is 10.6 Å². The van der Waals surface area contributed by atoms with Crippen molar-refractivity contribution in [1.29, 1.82) is 0 Å². The monoisotopic (exact) mass is 216 g/mol. The van der Waals surface area contributed by atoms with Crippen molar-refractivity contribution in [3.05, 3.63) is 0 Å². The Kier molecular flexibility index (Phi) is 7.62. The van der Waals surface area contributed by atoms with Crippen molar-refractivity contribution in [3.63, 3.8) is 0 Å². The SMILES string of the molecule is CCNC(=O)C(C)NCCCCC(=O)O. The molecule has 0 radical (unpaired) electrons. The van der Waals surface area contributed by atoms with Crippen LogP contribution in [0.15, 0.2) is 0 Å². The summed E-state index contributed by atoms with van der Waals surface area (Å²) in [6, 6.07) is -0.213. The van der Waals surface area contributed by atoms with Crippen molar-refractivity contribution < 1.29 is 14.7 Å². The first-order valence-electron chi connectivity index (χ1n) is 5.30. The highest BCUT2D eigenvalue weighted by Gasteiger charge is 2.09. The maximum absolute atomic E-state index is 11.2. The summed E-state index contributed by atoms with van der Waals surface area (Å²) in [7, 11) is 0. The highest BCUT2D eigenvalue weighted by atomic mass is 16.4. The zero-order chi connectivity index (χ0) is 11.7. The molecule has 5 nitrogen and oxygen atoms in total. The van der Waals surface area contributed by atoms with Crippen molar-refractivity contribution in [2.45, 2.75) is 39.2 Å². The van der Waals surface area contributed by atoms with Crippen LogP contribution >= 0.6 is 0 Å². The lowest BCUT2D eigenvalue weighted by molar-refractivity contribution is -0.137. The molecular formula is C10H20N2O3. The molecule has 0 saturated carbocycles. The number of carboxylic acids is 1. The van der Waals surface area contributed by atoms with Crippen molar-refractivity contribution in [1.82, 2.24) is 10.6 Å². The summed E-state index contributed by atoms with van der Waals surface area (Å²) < 4.78 is 0. The predicted octanol–water partition coefficient (Wildman–Crippen LogP) is 0.355. The molecular weight excluding hydrogens is 196 g/mol. The number of unbranched alkanes of at least 4 members (excludes halogenated alkanes) is 1. The lowest BCUT2D eigenvalue weighted by Gasteiger charge is -2.12. The molecule has 1 atom stereocenters. The fraction of sp³-hybridized carbons (Fsp3) is 0.800. The largest absolute Gasteiger partial charge is 0.481 e. The van der Waals surface area contributed by atoms with Gasteiger partial charge in [0.1, 0.15) is 0 Å². The zero-order valence-corrected chi connectivity index (χ0v) is 9.38. The number of likely N-dealkylation sites (N-methyl/N-ethyl adjacent to an activating group) is 1. The Hall–Kier alpha value is -1.10. The molecule has 0 aliphatic rings. The molecule has 3 N–H and O–H groups in total. The van der Waals surface area contributed by atoms with Gasteiger partial charge in [-0.3, -0.25) is 9.59 Å². The van der Waals surface area contributed by atoms with Gasteiger partial charge < -0.3 is 15.7 Å². The average molecular weight is 216 g/mol. The van der Waals surface area contributed by atoms with Crippen LogP contribution in [0.5, 0.6) is 0 Å². The highest BCUT2D eigenvalue weighted by Crippen LogP contribution is 1.94. The van der Waals surface area contributed by atoms with Crippen LogP contribution in [-0.2, 0) is 9.59 Å². The molecule has 1 amide bonds. The summed E-state index contributed by atoms with van der Waals surface area (Å²) in [6.45, 7) is 4.97. The molecule has 1 unspecified atom stereocenters. The summed E-state index contributed by atoms with van der Waals surface area (Å²) in [5, 5.41) is 14.1. The fourth-order valence-corrected chi connectivity index (χ4v) is 1.14. The standard InChI is InChI=1S/C10H20N2O3/c1-3-11-10(15)8(2)12-7-5-4-6-9(13)14/h8,12H,3-7H2,1-2H3,(H,11,15)(H,13,14). The van der Waals surface area contributed by atoms with Crippen molar-refractivity contribution >= 4 is 11.9 Å². The number of hydrogen-bond donors (Lipinski definition) is 3. The van der Waals surface area contributed by atoms with E-state index in [0.717, 1.165) is 6.42 Å². The van der Waals surface area contributed by atoms with Gasteiger partial charge in [0.25, 0.3) is 0 Å². The third-order valence-corrected chi connectivity index (χ3v) is 2.01. The fourth-order valence-electron chi connectivity index (χ4n) is 1.14. The molecule has 5 heteroatoms. The van der Waals surface area contributed by atoms with Gasteiger partial charge in [0, 0.05) is 13.0 Å². The van der Waals surface area contributed by atoms with E-state index in [1.165, 1.54) is 0 Å². The Labute approximate surface area is 90.2 Å². The summed E-state index contributed by atoms with van der Waals surface area (Å²) in [4.78, 5) is 21.5. The van der Waals surface area contributed by atoms with Gasteiger partial charge in [0.15, 0.2) is 0 Å². The van der Waals surface area contributed by atoms with Crippen LogP contribution in [0.2, 0.25) is 0 Å². The quantitative estimate of drug-likeness (QED) is 0.512. The predicted molar refractivity (Wildman–Crippen MR) is 57.6 cm³/mol. The number of amides is 1. The molecule has 0 aromatic heterocycles. The smallest absolute Gasteiger partial charge is 0.303 e. The van der Waals surface area contributed by atoms with Gasteiger partial charge in [-0.25, -0.2) is 0 Å². The molecule has 0 bridgehead atoms. The minimum Gasteiger partial charge on any atom is -0.481 e. The molecule has 0 saturated heterocycles. The van der Waals surface area contributed by atoms with Crippen LogP contribution in [0, 0.1) is 0 Å². The van der Waals surface area contributed by atoms with Crippen molar-refractivity contribution in [2.75, 3.05) is 13.1 Å². The van der Waals surface area contributed by atoms with E-state index in [1.807, 2.05) is 6.92 Å². The summed E-state index contributed by atoms with van der Waals surface area (Å²) in [5.41, 5.74) is 0. The van der Waals surface area contributed by atoms with Gasteiger partial charge >= 0.3 is 5.97 Å². The second-order valence-electron chi connectivity index (χ2n) is 3.42. The number of aliphatic carboxylic acids is 1. The van der Waals surface area contributed by atoms with Crippen molar-refractivity contribution in [3.8, 4) is 0 Å². The first kappa shape index (κ1) is 13.9. The Bertz CT molecular complexity index is 207. The van der Waals surface area contributed by atoms with Gasteiger partial charge in [0.05, 0.1) is 6.04 Å². The molecule has 15 heavy (non-hydrogen) atoms. The van der Waals surface area contributed by atoms with Crippen LogP contribution in [0.25, 0.3) is 0 Å². The number of carbonyl (C=O) groups excluding carboxylic acids is 1. The van der Waals surface area contributed by atoms with E-state index in [4.69, 9.17) is 5.11 Å². The summed E-state index contributed by atoms with van der Waals surface area (Å²) in [6.07, 6.45) is 1.61. The number of carboxylic acid groups (broad SMARTS) is 1. The molecule has 88 valence electrons. The Morgan fingerprint density at radius 2 is 2.00 bits per heavy atom. The van der Waals surface area contributed by atoms with E-state index in [0.29, 0.717) is 19.5 Å². The molecule has 0 spiro atoms. The van der Waals surface area contributed by atoms with Crippen LogP contribution in [0.3, 0.4) is 0 Å². The minimum absolute atomic E-state index is 0.0178. The third kappa shape index (κ3) is 7.93. The lowest BCUT2D eigenvalue weighted by Crippen LogP contribution is -2.42. The molecule has 0 aromatic carbocycles. The molecule has 0 aliphatic carbocycles. The van der Waals surface area contributed by atoms with Gasteiger partial charge in [0.2, 0.25) is 5.91 Å². The number of rotatable bonds is 8. The Balaban J connectivity index is 3.42. The zero-order valence-electron chi connectivity index (χ0n) is 9.38. The average Bonchev–Trinajstić information content (AvgIpc) is 2.16. The van der Waals surface area contributed by atoms with E-state index in [1.54, 1.807) is 6.92 Å². The minimum atomic E-state index is -0.772. The van der Waals surface area contributed by atoms with E-state index >= 15 is 0 Å². The molecule has 0 heterocycles. The first-order chi connectivity index (χ1) is 7.07. The number of hydrogen-bond acceptors (Lipinski definition) is 3. The molecule has 0 aliphatic heterocycles. The van der Waals surface area contributed by atoms with Crippen LogP contribution in [0.1, 0.15) is 33.1 Å². The summed E-state index contributed by atoms with van der Waals surface area (Å²) >= 11 is 0. The van der Waals surface area contributed by atoms with Crippen LogP contribution in [-0.4, -0.2) is 36.1 Å². The normalized spacial score (nSPS) is 12.1. The van der Waals surface area contributed by atoms with Crippen LogP contribution in [0.4, 0.5) is 0 Å². The van der Waals surface area contributed by atoms with Gasteiger partial charge in [-0.2, -0.15) is 0 Å². The maximum atomic E-state index is 11.2. The molecule has 0 aromatic rings. The van der Waals surface area contributed by atoms with E-state index in [2.05, 4.69) is 10.6 Å². The highest BCUT2D eigenvalue weighted by molar-refractivity contribution is 5.81. The topological polar surface area (TPSA) is 78.4 Å². The summed E-state index contributed by atoms with van der Waals surface area (Å²) in [5.74, 6) is -0.789. The van der Waals surface area contributed by atoms with Gasteiger partial charge in [-0.05, 0) is 33.2 Å². The third-order valence-electron chi connectivity index (χ3n) is 2.01. The molecule has 0 rings (SSSR count). The van der Waals surface area contributed by atoms with E-state index < -0.39 is 5.97 Å². The van der Waals surface area contributed by atoms with E-state index in [-0.39, 0.29) is 18.4 Å². The maximum Gasteiger partial charge on any atom is 0.303 e. The Morgan fingerprint density at radius 1 is 1.33 bits per heavy atom. The second-order valence-corrected chi connectivity index (χ2v) is 3.42. The lowest BCUT2D eigenvalue weighted by atomic mass is 10.2. The van der Waals surface area contributed by atoms with Crippen molar-refractivity contribution in [2.24, 2.45) is 0 Å². The number of nitrogens with one attached hydrogen (secondary N) is 2. The van der Waals surface area contributed by atoms with E-state index in [9.17, 15) is 9.59 Å². The molecule has 0 fully saturated rings.